The van der Waals surface area contributed by atoms with Gasteiger partial charge >= 0.3 is 0 Å². The average molecular weight is 232 g/mol. The van der Waals surface area contributed by atoms with Crippen LogP contribution in [-0.4, -0.2) is 30.6 Å². The summed E-state index contributed by atoms with van der Waals surface area (Å²) in [7, 11) is 0. The molecule has 2 atom stereocenters. The maximum absolute atomic E-state index is 5.73. The third-order valence-electron chi connectivity index (χ3n) is 3.97. The highest BCUT2D eigenvalue weighted by molar-refractivity contribution is 5.14. The number of nitrogens with zero attached hydrogens (tertiary/aromatic N) is 1. The number of benzene rings is 1. The molecule has 1 aliphatic heterocycles. The lowest BCUT2D eigenvalue weighted by Crippen LogP contribution is -2.32. The van der Waals surface area contributed by atoms with Crippen LogP contribution in [0.15, 0.2) is 30.3 Å². The molecule has 2 rings (SSSR count). The van der Waals surface area contributed by atoms with Gasteiger partial charge in [0.2, 0.25) is 0 Å². The van der Waals surface area contributed by atoms with E-state index in [2.05, 4.69) is 42.2 Å². The highest BCUT2D eigenvalue weighted by Gasteiger charge is 2.24. The largest absolute Gasteiger partial charge is 0.330 e. The van der Waals surface area contributed by atoms with Crippen molar-refractivity contribution in [2.24, 2.45) is 11.7 Å². The van der Waals surface area contributed by atoms with Gasteiger partial charge in [0.15, 0.2) is 0 Å². The van der Waals surface area contributed by atoms with Gasteiger partial charge in [-0.15, -0.1) is 0 Å². The minimum absolute atomic E-state index is 0.687. The van der Waals surface area contributed by atoms with Gasteiger partial charge in [-0.05, 0) is 50.8 Å². The molecule has 2 unspecified atom stereocenters. The van der Waals surface area contributed by atoms with Crippen molar-refractivity contribution in [3.8, 4) is 0 Å². The Labute approximate surface area is 105 Å². The number of hydrogen-bond donors (Lipinski definition) is 1. The van der Waals surface area contributed by atoms with E-state index in [-0.39, 0.29) is 0 Å². The lowest BCUT2D eigenvalue weighted by atomic mass is 10.1. The number of rotatable bonds is 5. The highest BCUT2D eigenvalue weighted by Crippen LogP contribution is 2.19. The van der Waals surface area contributed by atoms with Crippen molar-refractivity contribution in [2.45, 2.75) is 32.2 Å². The van der Waals surface area contributed by atoms with E-state index in [4.69, 9.17) is 5.73 Å². The normalized spacial score (nSPS) is 22.8. The summed E-state index contributed by atoms with van der Waals surface area (Å²) in [6.45, 7) is 5.63. The molecule has 0 aromatic heterocycles. The average Bonchev–Trinajstić information content (AvgIpc) is 2.86. The molecule has 1 saturated heterocycles. The Balaban J connectivity index is 1.76. The van der Waals surface area contributed by atoms with Crippen LogP contribution < -0.4 is 5.73 Å². The Kier molecular flexibility index (Phi) is 4.57. The van der Waals surface area contributed by atoms with Crippen LogP contribution in [0.4, 0.5) is 0 Å². The summed E-state index contributed by atoms with van der Waals surface area (Å²) in [6, 6.07) is 11.5. The molecular weight excluding hydrogens is 208 g/mol. The Bertz CT molecular complexity index is 323. The summed E-state index contributed by atoms with van der Waals surface area (Å²) in [5.74, 6) is 0.731. The SMILES string of the molecule is CC(CCc1ccccc1)N1CCC(CN)C1. The van der Waals surface area contributed by atoms with E-state index in [0.717, 1.165) is 12.5 Å². The molecule has 0 bridgehead atoms. The molecule has 1 heterocycles. The molecule has 2 heteroatoms. The van der Waals surface area contributed by atoms with Gasteiger partial charge in [-0.25, -0.2) is 0 Å². The van der Waals surface area contributed by atoms with Crippen molar-refractivity contribution in [1.29, 1.82) is 0 Å². The van der Waals surface area contributed by atoms with Crippen LogP contribution in [0, 0.1) is 5.92 Å². The standard InChI is InChI=1S/C15H24N2/c1-13(17-10-9-15(11-16)12-17)7-8-14-5-3-2-4-6-14/h2-6,13,15H,7-12,16H2,1H3. The summed E-state index contributed by atoms with van der Waals surface area (Å²) < 4.78 is 0. The zero-order valence-electron chi connectivity index (χ0n) is 10.8. The molecular formula is C15H24N2. The second-order valence-electron chi connectivity index (χ2n) is 5.26. The van der Waals surface area contributed by atoms with E-state index in [9.17, 15) is 0 Å². The molecule has 0 saturated carbocycles. The smallest absolute Gasteiger partial charge is 0.00702 e. The number of hydrogen-bond acceptors (Lipinski definition) is 2. The number of nitrogens with two attached hydrogens (primary N) is 1. The van der Waals surface area contributed by atoms with E-state index in [0.29, 0.717) is 6.04 Å². The Morgan fingerprint density at radius 3 is 2.76 bits per heavy atom. The van der Waals surface area contributed by atoms with E-state index in [1.165, 1.54) is 37.9 Å². The van der Waals surface area contributed by atoms with Gasteiger partial charge in [0.25, 0.3) is 0 Å². The van der Waals surface area contributed by atoms with Gasteiger partial charge < -0.3 is 10.6 Å². The van der Waals surface area contributed by atoms with Gasteiger partial charge in [0.05, 0.1) is 0 Å². The summed E-state index contributed by atoms with van der Waals surface area (Å²) in [5, 5.41) is 0. The Morgan fingerprint density at radius 1 is 1.35 bits per heavy atom. The minimum Gasteiger partial charge on any atom is -0.330 e. The fourth-order valence-corrected chi connectivity index (χ4v) is 2.66. The first kappa shape index (κ1) is 12.6. The molecule has 0 aliphatic carbocycles. The molecule has 2 nitrogen and oxygen atoms in total. The van der Waals surface area contributed by atoms with Crippen LogP contribution in [0.3, 0.4) is 0 Å². The number of aryl methyl sites for hydroxylation is 1. The van der Waals surface area contributed by atoms with E-state index < -0.39 is 0 Å². The van der Waals surface area contributed by atoms with Crippen molar-refractivity contribution in [2.75, 3.05) is 19.6 Å². The second-order valence-corrected chi connectivity index (χ2v) is 5.26. The molecule has 2 N–H and O–H groups in total. The first-order chi connectivity index (χ1) is 8.29. The van der Waals surface area contributed by atoms with Crippen LogP contribution in [0.2, 0.25) is 0 Å². The van der Waals surface area contributed by atoms with Gasteiger partial charge in [0, 0.05) is 12.6 Å². The molecule has 1 fully saturated rings. The first-order valence-corrected chi connectivity index (χ1v) is 6.77. The molecule has 0 amide bonds. The first-order valence-electron chi connectivity index (χ1n) is 6.77. The number of likely N-dealkylation sites (tertiary alicyclic amines) is 1. The van der Waals surface area contributed by atoms with E-state index in [1.54, 1.807) is 0 Å². The van der Waals surface area contributed by atoms with Gasteiger partial charge in [-0.2, -0.15) is 0 Å². The zero-order chi connectivity index (χ0) is 12.1. The predicted octanol–water partition coefficient (Wildman–Crippen LogP) is 2.29. The molecule has 1 aromatic rings. The third kappa shape index (κ3) is 3.55. The summed E-state index contributed by atoms with van der Waals surface area (Å²) in [6.07, 6.45) is 3.72. The Hall–Kier alpha value is -0.860. The molecule has 1 aliphatic rings. The summed E-state index contributed by atoms with van der Waals surface area (Å²) in [4.78, 5) is 2.60. The van der Waals surface area contributed by atoms with Crippen molar-refractivity contribution in [1.82, 2.24) is 4.90 Å². The van der Waals surface area contributed by atoms with Gasteiger partial charge in [0.1, 0.15) is 0 Å². The van der Waals surface area contributed by atoms with E-state index in [1.807, 2.05) is 0 Å². The maximum Gasteiger partial charge on any atom is 0.00702 e. The monoisotopic (exact) mass is 232 g/mol. The van der Waals surface area contributed by atoms with Crippen molar-refractivity contribution >= 4 is 0 Å². The quantitative estimate of drug-likeness (QED) is 0.844. The molecule has 1 aromatic carbocycles. The lowest BCUT2D eigenvalue weighted by molar-refractivity contribution is 0.239. The maximum atomic E-state index is 5.73. The van der Waals surface area contributed by atoms with Gasteiger partial charge in [-0.1, -0.05) is 30.3 Å². The molecule has 0 radical (unpaired) electrons. The second kappa shape index (κ2) is 6.18. The fraction of sp³-hybridized carbons (Fsp3) is 0.600. The lowest BCUT2D eigenvalue weighted by Gasteiger charge is -2.24. The van der Waals surface area contributed by atoms with Crippen LogP contribution in [0.1, 0.15) is 25.3 Å². The third-order valence-corrected chi connectivity index (χ3v) is 3.97. The highest BCUT2D eigenvalue weighted by atomic mass is 15.2. The van der Waals surface area contributed by atoms with Crippen LogP contribution in [-0.2, 0) is 6.42 Å². The Morgan fingerprint density at radius 2 is 2.12 bits per heavy atom. The zero-order valence-corrected chi connectivity index (χ0v) is 10.8. The molecule has 94 valence electrons. The summed E-state index contributed by atoms with van der Waals surface area (Å²) >= 11 is 0. The van der Waals surface area contributed by atoms with Crippen molar-refractivity contribution in [3.05, 3.63) is 35.9 Å². The molecule has 0 spiro atoms. The fourth-order valence-electron chi connectivity index (χ4n) is 2.66. The molecule has 17 heavy (non-hydrogen) atoms. The van der Waals surface area contributed by atoms with Crippen LogP contribution >= 0.6 is 0 Å². The predicted molar refractivity (Wildman–Crippen MR) is 73.0 cm³/mol. The van der Waals surface area contributed by atoms with Crippen molar-refractivity contribution < 1.29 is 0 Å². The minimum atomic E-state index is 0.687. The van der Waals surface area contributed by atoms with Crippen molar-refractivity contribution in [3.63, 3.8) is 0 Å². The van der Waals surface area contributed by atoms with Crippen LogP contribution in [0.25, 0.3) is 0 Å². The van der Waals surface area contributed by atoms with E-state index >= 15 is 0 Å². The van der Waals surface area contributed by atoms with Gasteiger partial charge in [-0.3, -0.25) is 0 Å². The topological polar surface area (TPSA) is 29.3 Å². The van der Waals surface area contributed by atoms with Crippen LogP contribution in [0.5, 0.6) is 0 Å². The summed E-state index contributed by atoms with van der Waals surface area (Å²) in [5.41, 5.74) is 7.19.